The van der Waals surface area contributed by atoms with Crippen LogP contribution in [-0.2, 0) is 10.0 Å². The van der Waals surface area contributed by atoms with Crippen LogP contribution in [0.3, 0.4) is 0 Å². The zero-order valence-electron chi connectivity index (χ0n) is 31.2. The first-order valence-corrected chi connectivity index (χ1v) is 20.4. The summed E-state index contributed by atoms with van der Waals surface area (Å²) in [4.78, 5) is 29.6. The van der Waals surface area contributed by atoms with Gasteiger partial charge >= 0.3 is 0 Å². The number of nitrogens with zero attached hydrogens (tertiary/aromatic N) is 2. The van der Waals surface area contributed by atoms with Crippen molar-refractivity contribution in [3.8, 4) is 22.5 Å². The number of carbonyl (C=O) groups excluding carboxylic acids is 2. The van der Waals surface area contributed by atoms with Crippen LogP contribution in [0.4, 0.5) is 10.1 Å². The van der Waals surface area contributed by atoms with Crippen molar-refractivity contribution < 1.29 is 26.8 Å². The summed E-state index contributed by atoms with van der Waals surface area (Å²) in [6, 6.07) is 38.6. The number of alkyl halides is 1. The number of furan rings is 1. The van der Waals surface area contributed by atoms with E-state index >= 15 is 0 Å². The van der Waals surface area contributed by atoms with Gasteiger partial charge in [0.25, 0.3) is 5.91 Å². The van der Waals surface area contributed by atoms with Gasteiger partial charge in [0.05, 0.1) is 24.1 Å². The number of ketones is 1. The number of Topliss-reactive ketones (excluding diaryl/α,β-unsaturated/α-hetero) is 1. The Hall–Kier alpha value is -5.80. The molecule has 0 radical (unpaired) electrons. The molecule has 2 heterocycles. The zero-order chi connectivity index (χ0) is 38.7. The molecule has 6 aromatic rings. The Kier molecular flexibility index (Phi) is 10.8. The molecular weight excluding hydrogens is 712 g/mol. The number of amides is 1. The van der Waals surface area contributed by atoms with E-state index in [-0.39, 0.29) is 23.8 Å². The fourth-order valence-electron chi connectivity index (χ4n) is 7.49. The number of sulfonamides is 1. The molecule has 280 valence electrons. The minimum Gasteiger partial charge on any atom is -0.455 e. The van der Waals surface area contributed by atoms with Crippen molar-refractivity contribution in [2.24, 2.45) is 0 Å². The number of likely N-dealkylation sites (tertiary alicyclic amines) is 1. The maximum absolute atomic E-state index is 14.2. The first-order valence-electron chi connectivity index (χ1n) is 18.5. The molecule has 1 aromatic heterocycles. The average Bonchev–Trinajstić information content (AvgIpc) is 3.58. The van der Waals surface area contributed by atoms with Crippen molar-refractivity contribution in [3.05, 3.63) is 155 Å². The minimum absolute atomic E-state index is 0.137. The second kappa shape index (κ2) is 15.9. The van der Waals surface area contributed by atoms with Crippen molar-refractivity contribution >= 4 is 43.9 Å². The first-order chi connectivity index (χ1) is 26.6. The molecule has 0 unspecified atom stereocenters. The van der Waals surface area contributed by atoms with Gasteiger partial charge in [0.15, 0.2) is 5.78 Å². The second-order valence-electron chi connectivity index (χ2n) is 13.9. The monoisotopic (exact) mass is 754 g/mol. The normalized spacial score (nSPS) is 13.2. The Morgan fingerprint density at radius 3 is 1.98 bits per heavy atom. The minimum atomic E-state index is -3.95. The molecule has 0 saturated carbocycles. The molecule has 5 aromatic carbocycles. The van der Waals surface area contributed by atoms with E-state index in [1.165, 1.54) is 11.1 Å². The number of anilines is 1. The van der Waals surface area contributed by atoms with Gasteiger partial charge in [-0.1, -0.05) is 115 Å². The standard InChI is InChI=1S/C46H43FN2O5S/c1-4-41(50)44-39-29-38(40(49(27-24-47)55(3,52)53)30-42(39)54-45(44)35-20-18-31(2)19-21-35)36-16-11-17-37(28-36)46(51)48-25-22-34(23-26-48)43(32-12-7-5-8-13-32)33-14-9-6-10-15-33/h5-21,28-30H,4,22-27H2,1-3H3. The van der Waals surface area contributed by atoms with Crippen LogP contribution >= 0.6 is 0 Å². The number of benzene rings is 5. The van der Waals surface area contributed by atoms with Gasteiger partial charge in [-0.3, -0.25) is 13.9 Å². The number of hydrogen-bond acceptors (Lipinski definition) is 5. The summed E-state index contributed by atoms with van der Waals surface area (Å²) in [5.41, 5.74) is 8.85. The third-order valence-corrected chi connectivity index (χ3v) is 11.4. The van der Waals surface area contributed by atoms with Crippen LogP contribution in [0.15, 0.2) is 131 Å². The molecule has 1 amide bonds. The number of hydrogen-bond donors (Lipinski definition) is 0. The summed E-state index contributed by atoms with van der Waals surface area (Å²) < 4.78 is 47.7. The molecule has 1 aliphatic rings. The molecule has 0 bridgehead atoms. The van der Waals surface area contributed by atoms with Crippen LogP contribution in [0.1, 0.15) is 63.6 Å². The average molecular weight is 755 g/mol. The number of piperidine rings is 1. The fourth-order valence-corrected chi connectivity index (χ4v) is 8.40. The maximum Gasteiger partial charge on any atom is 0.253 e. The third kappa shape index (κ3) is 7.75. The van der Waals surface area contributed by atoms with Gasteiger partial charge in [0, 0.05) is 47.7 Å². The summed E-state index contributed by atoms with van der Waals surface area (Å²) in [5.74, 6) is 0.105. The van der Waals surface area contributed by atoms with E-state index in [2.05, 4.69) is 24.3 Å². The van der Waals surface area contributed by atoms with E-state index in [4.69, 9.17) is 4.42 Å². The van der Waals surface area contributed by atoms with E-state index in [1.807, 2.05) is 72.5 Å². The third-order valence-electron chi connectivity index (χ3n) is 10.2. The zero-order valence-corrected chi connectivity index (χ0v) is 32.0. The maximum atomic E-state index is 14.2. The summed E-state index contributed by atoms with van der Waals surface area (Å²) in [6.07, 6.45) is 2.69. The molecule has 0 atom stereocenters. The highest BCUT2D eigenvalue weighted by atomic mass is 32.2. The smallest absolute Gasteiger partial charge is 0.253 e. The van der Waals surface area contributed by atoms with Gasteiger partial charge in [-0.15, -0.1) is 0 Å². The van der Waals surface area contributed by atoms with Gasteiger partial charge in [-0.2, -0.15) is 0 Å². The Morgan fingerprint density at radius 1 is 0.782 bits per heavy atom. The summed E-state index contributed by atoms with van der Waals surface area (Å²) in [7, 11) is -3.95. The van der Waals surface area contributed by atoms with Crippen molar-refractivity contribution in [2.45, 2.75) is 33.1 Å². The second-order valence-corrected chi connectivity index (χ2v) is 15.8. The van der Waals surface area contributed by atoms with Crippen molar-refractivity contribution in [1.29, 1.82) is 0 Å². The van der Waals surface area contributed by atoms with Gasteiger partial charge in [0.2, 0.25) is 10.0 Å². The number of rotatable bonds is 11. The molecule has 0 N–H and O–H groups in total. The lowest BCUT2D eigenvalue weighted by Gasteiger charge is -2.30. The lowest BCUT2D eigenvalue weighted by molar-refractivity contribution is 0.0743. The van der Waals surface area contributed by atoms with Crippen LogP contribution in [0, 0.1) is 6.92 Å². The Balaban J connectivity index is 1.29. The van der Waals surface area contributed by atoms with Crippen molar-refractivity contribution in [1.82, 2.24) is 4.90 Å². The van der Waals surface area contributed by atoms with Crippen LogP contribution in [-0.4, -0.2) is 57.6 Å². The van der Waals surface area contributed by atoms with E-state index in [0.29, 0.717) is 57.6 Å². The molecule has 0 aliphatic carbocycles. The summed E-state index contributed by atoms with van der Waals surface area (Å²) >= 11 is 0. The van der Waals surface area contributed by atoms with Gasteiger partial charge in [0.1, 0.15) is 18.0 Å². The van der Waals surface area contributed by atoms with Crippen LogP contribution in [0.5, 0.6) is 0 Å². The summed E-state index contributed by atoms with van der Waals surface area (Å²) in [5, 5.41) is 0.509. The van der Waals surface area contributed by atoms with Crippen LogP contribution in [0.25, 0.3) is 39.0 Å². The van der Waals surface area contributed by atoms with Gasteiger partial charge in [-0.25, -0.2) is 12.8 Å². The molecule has 1 aliphatic heterocycles. The number of aryl methyl sites for hydroxylation is 1. The Labute approximate surface area is 321 Å². The topological polar surface area (TPSA) is 87.9 Å². The number of fused-ring (bicyclic) bond motifs is 1. The predicted octanol–water partition coefficient (Wildman–Crippen LogP) is 10.1. The predicted molar refractivity (Wildman–Crippen MR) is 219 cm³/mol. The molecule has 55 heavy (non-hydrogen) atoms. The van der Waals surface area contributed by atoms with Crippen LogP contribution in [0.2, 0.25) is 0 Å². The Morgan fingerprint density at radius 2 is 1.40 bits per heavy atom. The molecule has 7 nitrogen and oxygen atoms in total. The number of carbonyl (C=O) groups is 2. The van der Waals surface area contributed by atoms with Gasteiger partial charge < -0.3 is 9.32 Å². The Bertz CT molecular complexity index is 2460. The van der Waals surface area contributed by atoms with Gasteiger partial charge in [-0.05, 0) is 60.2 Å². The molecule has 9 heteroatoms. The van der Waals surface area contributed by atoms with E-state index < -0.39 is 23.2 Å². The fraction of sp³-hybridized carbons (Fsp3) is 0.217. The molecular formula is C46H43FN2O5S. The van der Waals surface area contributed by atoms with E-state index in [9.17, 15) is 22.4 Å². The van der Waals surface area contributed by atoms with Crippen molar-refractivity contribution in [3.63, 3.8) is 0 Å². The quantitative estimate of drug-likeness (QED) is 0.123. The van der Waals surface area contributed by atoms with E-state index in [1.54, 1.807) is 43.3 Å². The molecule has 1 fully saturated rings. The van der Waals surface area contributed by atoms with E-state index in [0.717, 1.165) is 40.1 Å². The summed E-state index contributed by atoms with van der Waals surface area (Å²) in [6.45, 7) is 3.49. The lowest BCUT2D eigenvalue weighted by atomic mass is 9.88. The highest BCUT2D eigenvalue weighted by Gasteiger charge is 2.28. The number of halogens is 1. The lowest BCUT2D eigenvalue weighted by Crippen LogP contribution is -2.36. The largest absolute Gasteiger partial charge is 0.455 e. The molecule has 1 saturated heterocycles. The highest BCUT2D eigenvalue weighted by Crippen LogP contribution is 2.42. The van der Waals surface area contributed by atoms with Crippen LogP contribution < -0.4 is 4.31 Å². The SMILES string of the molecule is CCC(=O)c1c(-c2ccc(C)cc2)oc2cc(N(CCF)S(C)(=O)=O)c(-c3cccc(C(=O)N4CCC(=C(c5ccccc5)c5ccccc5)CC4)c3)cc12. The van der Waals surface area contributed by atoms with Crippen molar-refractivity contribution in [2.75, 3.05) is 36.9 Å². The highest BCUT2D eigenvalue weighted by molar-refractivity contribution is 7.92. The molecule has 7 rings (SSSR count). The molecule has 0 spiro atoms. The first kappa shape index (κ1) is 37.5.